The van der Waals surface area contributed by atoms with E-state index < -0.39 is 0 Å². The van der Waals surface area contributed by atoms with Crippen molar-refractivity contribution in [1.29, 1.82) is 0 Å². The molecule has 1 aliphatic heterocycles. The van der Waals surface area contributed by atoms with Crippen molar-refractivity contribution in [3.05, 3.63) is 36.5 Å². The highest BCUT2D eigenvalue weighted by molar-refractivity contribution is 5.77. The molecule has 0 N–H and O–H groups in total. The number of rotatable bonds is 0. The van der Waals surface area contributed by atoms with E-state index >= 15 is 0 Å². The van der Waals surface area contributed by atoms with E-state index in [1.54, 1.807) is 18.5 Å². The fourth-order valence-electron chi connectivity index (χ4n) is 0.954. The summed E-state index contributed by atoms with van der Waals surface area (Å²) in [5, 5.41) is 7.80. The molecule has 0 atom stereocenters. The number of hydrogen-bond acceptors (Lipinski definition) is 3. The zero-order valence-electron chi connectivity index (χ0n) is 6.38. The summed E-state index contributed by atoms with van der Waals surface area (Å²) in [7, 11) is 0. The van der Waals surface area contributed by atoms with Gasteiger partial charge in [-0.25, -0.2) is 0 Å². The Labute approximate surface area is 70.2 Å². The Bertz CT molecular complexity index is 329. The number of aliphatic imine (C=N–C) groups is 1. The van der Waals surface area contributed by atoms with Gasteiger partial charge in [0.1, 0.15) is 5.69 Å². The second kappa shape index (κ2) is 3.09. The second-order valence-corrected chi connectivity index (χ2v) is 2.32. The third-order valence-corrected chi connectivity index (χ3v) is 1.50. The summed E-state index contributed by atoms with van der Waals surface area (Å²) in [5.74, 6) is 0. The molecule has 0 saturated carbocycles. The molecule has 0 spiro atoms. The van der Waals surface area contributed by atoms with Crippen molar-refractivity contribution in [2.75, 3.05) is 0 Å². The lowest BCUT2D eigenvalue weighted by atomic mass is 10.3. The second-order valence-electron chi connectivity index (χ2n) is 2.32. The Morgan fingerprint density at radius 3 is 2.75 bits per heavy atom. The van der Waals surface area contributed by atoms with Gasteiger partial charge in [0.25, 0.3) is 0 Å². The van der Waals surface area contributed by atoms with E-state index in [2.05, 4.69) is 15.2 Å². The first kappa shape index (κ1) is 6.91. The Hall–Kier alpha value is -1.77. The van der Waals surface area contributed by atoms with Crippen molar-refractivity contribution >= 4 is 17.6 Å². The molecule has 0 unspecified atom stereocenters. The van der Waals surface area contributed by atoms with Crippen molar-refractivity contribution in [3.63, 3.8) is 0 Å². The molecule has 1 heterocycles. The summed E-state index contributed by atoms with van der Waals surface area (Å²) in [6, 6.07) is 7.63. The van der Waals surface area contributed by atoms with E-state index in [0.29, 0.717) is 0 Å². The first-order chi connectivity index (χ1) is 5.97. The minimum Gasteiger partial charge on any atom is -0.254 e. The van der Waals surface area contributed by atoms with Crippen LogP contribution in [0.3, 0.4) is 0 Å². The summed E-state index contributed by atoms with van der Waals surface area (Å²) in [4.78, 5) is 4.18. The molecule has 0 radical (unpaired) electrons. The summed E-state index contributed by atoms with van der Waals surface area (Å²) >= 11 is 0. The lowest BCUT2D eigenvalue weighted by Gasteiger charge is -1.97. The van der Waals surface area contributed by atoms with Crippen LogP contribution in [-0.2, 0) is 0 Å². The van der Waals surface area contributed by atoms with Crippen molar-refractivity contribution in [3.8, 4) is 0 Å². The van der Waals surface area contributed by atoms with Gasteiger partial charge in [0.15, 0.2) is 0 Å². The topological polar surface area (TPSA) is 37.1 Å². The summed E-state index contributed by atoms with van der Waals surface area (Å²) < 4.78 is 0. The molecule has 0 saturated heterocycles. The molecular weight excluding hydrogens is 150 g/mol. The van der Waals surface area contributed by atoms with Crippen molar-refractivity contribution in [2.24, 2.45) is 15.2 Å². The Morgan fingerprint density at radius 1 is 1.00 bits per heavy atom. The number of benzene rings is 1. The largest absolute Gasteiger partial charge is 0.254 e. The summed E-state index contributed by atoms with van der Waals surface area (Å²) in [6.45, 7) is 0. The highest BCUT2D eigenvalue weighted by Gasteiger charge is 1.96. The van der Waals surface area contributed by atoms with Crippen LogP contribution in [-0.4, -0.2) is 6.21 Å². The highest BCUT2D eigenvalue weighted by atomic mass is 15.1. The number of nitrogens with zero attached hydrogens (tertiary/aromatic N) is 3. The van der Waals surface area contributed by atoms with Gasteiger partial charge in [-0.2, -0.15) is 5.11 Å². The van der Waals surface area contributed by atoms with Gasteiger partial charge in [0, 0.05) is 6.21 Å². The van der Waals surface area contributed by atoms with Crippen LogP contribution < -0.4 is 0 Å². The SMILES string of the molecule is C1=CN=Nc2ccccc2N=C1. The fourth-order valence-corrected chi connectivity index (χ4v) is 0.954. The molecule has 3 heteroatoms. The Balaban J connectivity index is 2.54. The number of hydrogen-bond donors (Lipinski definition) is 0. The molecule has 0 fully saturated rings. The van der Waals surface area contributed by atoms with Gasteiger partial charge < -0.3 is 0 Å². The van der Waals surface area contributed by atoms with Gasteiger partial charge in [-0.15, -0.1) is 5.11 Å². The van der Waals surface area contributed by atoms with Gasteiger partial charge in [0.2, 0.25) is 0 Å². The van der Waals surface area contributed by atoms with Gasteiger partial charge in [0.05, 0.1) is 11.9 Å². The van der Waals surface area contributed by atoms with Gasteiger partial charge in [-0.3, -0.25) is 4.99 Å². The Kier molecular flexibility index (Phi) is 1.78. The van der Waals surface area contributed by atoms with E-state index in [-0.39, 0.29) is 0 Å². The fraction of sp³-hybridized carbons (Fsp3) is 0. The minimum atomic E-state index is 0.804. The molecule has 12 heavy (non-hydrogen) atoms. The van der Waals surface area contributed by atoms with Crippen LogP contribution >= 0.6 is 0 Å². The molecule has 0 amide bonds. The molecule has 0 aliphatic carbocycles. The quantitative estimate of drug-likeness (QED) is 0.555. The Morgan fingerprint density at radius 2 is 1.83 bits per heavy atom. The van der Waals surface area contributed by atoms with Crippen LogP contribution in [0.4, 0.5) is 11.4 Å². The molecule has 1 aromatic carbocycles. The lowest BCUT2D eigenvalue weighted by molar-refractivity contribution is 1.22. The van der Waals surface area contributed by atoms with Gasteiger partial charge in [-0.05, 0) is 18.2 Å². The van der Waals surface area contributed by atoms with E-state index in [4.69, 9.17) is 0 Å². The molecule has 2 rings (SSSR count). The van der Waals surface area contributed by atoms with E-state index in [0.717, 1.165) is 11.4 Å². The first-order valence-corrected chi connectivity index (χ1v) is 3.66. The lowest BCUT2D eigenvalue weighted by Crippen LogP contribution is -1.71. The maximum Gasteiger partial charge on any atom is 0.111 e. The zero-order chi connectivity index (χ0) is 8.23. The minimum absolute atomic E-state index is 0.804. The smallest absolute Gasteiger partial charge is 0.111 e. The first-order valence-electron chi connectivity index (χ1n) is 3.66. The van der Waals surface area contributed by atoms with Crippen LogP contribution in [0.5, 0.6) is 0 Å². The van der Waals surface area contributed by atoms with E-state index in [1.165, 1.54) is 0 Å². The van der Waals surface area contributed by atoms with Crippen molar-refractivity contribution in [2.45, 2.75) is 0 Å². The van der Waals surface area contributed by atoms with E-state index in [9.17, 15) is 0 Å². The third kappa shape index (κ3) is 1.29. The molecule has 1 aromatic rings. The van der Waals surface area contributed by atoms with E-state index in [1.807, 2.05) is 24.3 Å². The predicted molar refractivity (Wildman–Crippen MR) is 48.3 cm³/mol. The standard InChI is InChI=1S/C9H7N3/c1-2-5-9-8(4-1)10-6-3-7-11-12-9/h1-7H. The molecular formula is C9H7N3. The summed E-state index contributed by atoms with van der Waals surface area (Å²) in [5.41, 5.74) is 1.66. The molecule has 0 aromatic heterocycles. The van der Waals surface area contributed by atoms with Crippen LogP contribution in [0.2, 0.25) is 0 Å². The molecule has 3 nitrogen and oxygen atoms in total. The number of allylic oxidation sites excluding steroid dienone is 1. The number of fused-ring (bicyclic) bond motifs is 1. The molecule has 1 aliphatic rings. The van der Waals surface area contributed by atoms with Crippen molar-refractivity contribution < 1.29 is 0 Å². The van der Waals surface area contributed by atoms with Crippen LogP contribution in [0.1, 0.15) is 0 Å². The zero-order valence-corrected chi connectivity index (χ0v) is 6.38. The number of azo groups is 1. The van der Waals surface area contributed by atoms with Gasteiger partial charge >= 0.3 is 0 Å². The highest BCUT2D eigenvalue weighted by Crippen LogP contribution is 2.27. The number of para-hydroxylation sites is 1. The average Bonchev–Trinajstić information content (AvgIpc) is 2.06. The predicted octanol–water partition coefficient (Wildman–Crippen LogP) is 3.00. The van der Waals surface area contributed by atoms with Gasteiger partial charge in [-0.1, -0.05) is 12.1 Å². The maximum atomic E-state index is 4.18. The monoisotopic (exact) mass is 157 g/mol. The summed E-state index contributed by atoms with van der Waals surface area (Å²) in [6.07, 6.45) is 5.07. The average molecular weight is 157 g/mol. The maximum absolute atomic E-state index is 4.18. The third-order valence-electron chi connectivity index (χ3n) is 1.50. The van der Waals surface area contributed by atoms with Crippen molar-refractivity contribution in [1.82, 2.24) is 0 Å². The van der Waals surface area contributed by atoms with Crippen LogP contribution in [0, 0.1) is 0 Å². The van der Waals surface area contributed by atoms with Crippen LogP contribution in [0.25, 0.3) is 0 Å². The molecule has 58 valence electrons. The van der Waals surface area contributed by atoms with Crippen LogP contribution in [0.15, 0.2) is 51.8 Å². The molecule has 0 bridgehead atoms. The normalized spacial score (nSPS) is 13.7.